The van der Waals surface area contributed by atoms with Crippen LogP contribution in [0.3, 0.4) is 0 Å². The highest BCUT2D eigenvalue weighted by atomic mass is 14.5. The minimum Gasteiger partial charge on any atom is -0.330 e. The molecule has 0 spiro atoms. The van der Waals surface area contributed by atoms with E-state index in [4.69, 9.17) is 5.73 Å². The summed E-state index contributed by atoms with van der Waals surface area (Å²) >= 11 is 0. The minimum atomic E-state index is 0.878. The van der Waals surface area contributed by atoms with E-state index in [2.05, 4.69) is 13.8 Å². The molecule has 0 amide bonds. The zero-order valence-corrected chi connectivity index (χ0v) is 7.84. The van der Waals surface area contributed by atoms with Crippen molar-refractivity contribution in [1.82, 2.24) is 0 Å². The number of hydrogen-bond acceptors (Lipinski definition) is 1. The van der Waals surface area contributed by atoms with Gasteiger partial charge in [-0.05, 0) is 43.6 Å². The van der Waals surface area contributed by atoms with Crippen LogP contribution in [0.4, 0.5) is 0 Å². The Balaban J connectivity index is 2.31. The molecule has 2 N–H and O–H groups in total. The van der Waals surface area contributed by atoms with Gasteiger partial charge in [0.05, 0.1) is 0 Å². The summed E-state index contributed by atoms with van der Waals surface area (Å²) < 4.78 is 0. The van der Waals surface area contributed by atoms with Crippen molar-refractivity contribution in [2.45, 2.75) is 39.5 Å². The maximum atomic E-state index is 5.56. The molecule has 0 aromatic rings. The zero-order valence-electron chi connectivity index (χ0n) is 7.84. The van der Waals surface area contributed by atoms with Gasteiger partial charge in [0.25, 0.3) is 0 Å². The summed E-state index contributed by atoms with van der Waals surface area (Å²) in [6, 6.07) is 0. The first-order valence-electron chi connectivity index (χ1n) is 4.94. The van der Waals surface area contributed by atoms with Gasteiger partial charge in [-0.3, -0.25) is 0 Å². The Kier molecular flexibility index (Phi) is 3.38. The van der Waals surface area contributed by atoms with Crippen molar-refractivity contribution in [3.63, 3.8) is 0 Å². The Labute approximate surface area is 70.4 Å². The SMILES string of the molecule is CC1CCC(CCN)C(C)C1. The largest absolute Gasteiger partial charge is 0.330 e. The summed E-state index contributed by atoms with van der Waals surface area (Å²) in [7, 11) is 0. The molecule has 1 aliphatic carbocycles. The van der Waals surface area contributed by atoms with E-state index in [-0.39, 0.29) is 0 Å². The van der Waals surface area contributed by atoms with Crippen molar-refractivity contribution in [3.8, 4) is 0 Å². The lowest BCUT2D eigenvalue weighted by molar-refractivity contribution is 0.196. The standard InChI is InChI=1S/C10H21N/c1-8-3-4-10(5-6-11)9(2)7-8/h8-10H,3-7,11H2,1-2H3. The number of nitrogens with two attached hydrogens (primary N) is 1. The van der Waals surface area contributed by atoms with Crippen molar-refractivity contribution in [3.05, 3.63) is 0 Å². The highest BCUT2D eigenvalue weighted by molar-refractivity contribution is 4.75. The molecule has 0 saturated heterocycles. The second-order valence-electron chi connectivity index (χ2n) is 4.23. The predicted molar refractivity (Wildman–Crippen MR) is 49.3 cm³/mol. The van der Waals surface area contributed by atoms with E-state index in [0.717, 1.165) is 24.3 Å². The molecule has 0 aliphatic heterocycles. The second kappa shape index (κ2) is 4.10. The van der Waals surface area contributed by atoms with Crippen LogP contribution in [0.15, 0.2) is 0 Å². The molecular formula is C10H21N. The Morgan fingerprint density at radius 2 is 2.00 bits per heavy atom. The quantitative estimate of drug-likeness (QED) is 0.651. The topological polar surface area (TPSA) is 26.0 Å². The summed E-state index contributed by atoms with van der Waals surface area (Å²) in [5.41, 5.74) is 5.56. The fraction of sp³-hybridized carbons (Fsp3) is 1.00. The maximum absolute atomic E-state index is 5.56. The van der Waals surface area contributed by atoms with Crippen LogP contribution < -0.4 is 5.73 Å². The summed E-state index contributed by atoms with van der Waals surface area (Å²) in [6.45, 7) is 5.63. The van der Waals surface area contributed by atoms with Crippen molar-refractivity contribution in [2.75, 3.05) is 6.54 Å². The van der Waals surface area contributed by atoms with Gasteiger partial charge in [0.1, 0.15) is 0 Å². The molecule has 66 valence electrons. The van der Waals surface area contributed by atoms with E-state index in [9.17, 15) is 0 Å². The van der Waals surface area contributed by atoms with Gasteiger partial charge in [0.2, 0.25) is 0 Å². The lowest BCUT2D eigenvalue weighted by Gasteiger charge is -2.32. The monoisotopic (exact) mass is 155 g/mol. The van der Waals surface area contributed by atoms with Crippen molar-refractivity contribution in [2.24, 2.45) is 23.5 Å². The van der Waals surface area contributed by atoms with Gasteiger partial charge < -0.3 is 5.73 Å². The van der Waals surface area contributed by atoms with E-state index in [1.807, 2.05) is 0 Å². The van der Waals surface area contributed by atoms with E-state index < -0.39 is 0 Å². The third-order valence-electron chi connectivity index (χ3n) is 3.15. The van der Waals surface area contributed by atoms with E-state index in [0.29, 0.717) is 0 Å². The number of rotatable bonds is 2. The van der Waals surface area contributed by atoms with E-state index in [1.54, 1.807) is 0 Å². The Morgan fingerprint density at radius 1 is 1.27 bits per heavy atom. The highest BCUT2D eigenvalue weighted by Crippen LogP contribution is 2.34. The molecule has 0 heterocycles. The van der Waals surface area contributed by atoms with Crippen LogP contribution >= 0.6 is 0 Å². The van der Waals surface area contributed by atoms with Crippen LogP contribution in [0.25, 0.3) is 0 Å². The van der Waals surface area contributed by atoms with Gasteiger partial charge in [0.15, 0.2) is 0 Å². The summed E-state index contributed by atoms with van der Waals surface area (Å²) in [6.07, 6.45) is 5.51. The predicted octanol–water partition coefficient (Wildman–Crippen LogP) is 2.41. The Morgan fingerprint density at radius 3 is 2.55 bits per heavy atom. The molecule has 1 nitrogen and oxygen atoms in total. The van der Waals surface area contributed by atoms with Gasteiger partial charge in [0, 0.05) is 0 Å². The fourth-order valence-corrected chi connectivity index (χ4v) is 2.37. The summed E-state index contributed by atoms with van der Waals surface area (Å²) in [4.78, 5) is 0. The molecule has 1 fully saturated rings. The molecule has 0 aromatic carbocycles. The van der Waals surface area contributed by atoms with Gasteiger partial charge in [-0.25, -0.2) is 0 Å². The summed E-state index contributed by atoms with van der Waals surface area (Å²) in [5, 5.41) is 0. The third-order valence-corrected chi connectivity index (χ3v) is 3.15. The van der Waals surface area contributed by atoms with Gasteiger partial charge in [-0.2, -0.15) is 0 Å². The van der Waals surface area contributed by atoms with E-state index in [1.165, 1.54) is 25.7 Å². The second-order valence-corrected chi connectivity index (χ2v) is 4.23. The minimum absolute atomic E-state index is 0.878. The van der Waals surface area contributed by atoms with Gasteiger partial charge in [-0.1, -0.05) is 20.3 Å². The molecule has 0 aromatic heterocycles. The van der Waals surface area contributed by atoms with Gasteiger partial charge >= 0.3 is 0 Å². The van der Waals surface area contributed by atoms with Crippen LogP contribution in [0.2, 0.25) is 0 Å². The molecule has 3 unspecified atom stereocenters. The van der Waals surface area contributed by atoms with Crippen molar-refractivity contribution in [1.29, 1.82) is 0 Å². The summed E-state index contributed by atoms with van der Waals surface area (Å²) in [5.74, 6) is 2.80. The first kappa shape index (κ1) is 9.05. The van der Waals surface area contributed by atoms with Crippen molar-refractivity contribution < 1.29 is 0 Å². The Bertz CT molecular complexity index is 111. The average molecular weight is 155 g/mol. The van der Waals surface area contributed by atoms with Crippen molar-refractivity contribution >= 4 is 0 Å². The first-order chi connectivity index (χ1) is 5.24. The van der Waals surface area contributed by atoms with Crippen LogP contribution in [0.5, 0.6) is 0 Å². The van der Waals surface area contributed by atoms with Gasteiger partial charge in [-0.15, -0.1) is 0 Å². The van der Waals surface area contributed by atoms with E-state index >= 15 is 0 Å². The molecule has 1 saturated carbocycles. The molecule has 1 aliphatic rings. The fourth-order valence-electron chi connectivity index (χ4n) is 2.37. The zero-order chi connectivity index (χ0) is 8.27. The molecular weight excluding hydrogens is 134 g/mol. The average Bonchev–Trinajstić information content (AvgIpc) is 1.95. The normalized spacial score (nSPS) is 39.0. The smallest absolute Gasteiger partial charge is 0.00745 e. The Hall–Kier alpha value is -0.0400. The molecule has 0 radical (unpaired) electrons. The van der Waals surface area contributed by atoms with Crippen LogP contribution in [-0.4, -0.2) is 6.54 Å². The highest BCUT2D eigenvalue weighted by Gasteiger charge is 2.24. The third kappa shape index (κ3) is 2.48. The molecule has 11 heavy (non-hydrogen) atoms. The molecule has 3 atom stereocenters. The van der Waals surface area contributed by atoms with Crippen LogP contribution in [0.1, 0.15) is 39.5 Å². The maximum Gasteiger partial charge on any atom is -0.00745 e. The first-order valence-corrected chi connectivity index (χ1v) is 4.94. The van der Waals surface area contributed by atoms with Crippen LogP contribution in [-0.2, 0) is 0 Å². The number of hydrogen-bond donors (Lipinski definition) is 1. The lowest BCUT2D eigenvalue weighted by Crippen LogP contribution is -2.23. The molecule has 1 heteroatoms. The lowest BCUT2D eigenvalue weighted by atomic mass is 9.74. The molecule has 0 bridgehead atoms. The molecule has 1 rings (SSSR count). The van der Waals surface area contributed by atoms with Crippen LogP contribution in [0, 0.1) is 17.8 Å².